The summed E-state index contributed by atoms with van der Waals surface area (Å²) >= 11 is 6.07. The van der Waals surface area contributed by atoms with Crippen molar-refractivity contribution in [1.29, 1.82) is 0 Å². The fourth-order valence-electron chi connectivity index (χ4n) is 3.53. The Bertz CT molecular complexity index is 1270. The lowest BCUT2D eigenvalue weighted by Crippen LogP contribution is -2.37. The number of benzene rings is 2. The Morgan fingerprint density at radius 3 is 2.23 bits per heavy atom. The molecule has 0 aliphatic rings. The van der Waals surface area contributed by atoms with Gasteiger partial charge in [-0.1, -0.05) is 69.9 Å². The molecule has 0 radical (unpaired) electrons. The van der Waals surface area contributed by atoms with Crippen LogP contribution in [0.25, 0.3) is 22.5 Å². The molecule has 39 heavy (non-hydrogen) atoms. The van der Waals surface area contributed by atoms with Gasteiger partial charge in [-0.05, 0) is 36.1 Å². The van der Waals surface area contributed by atoms with E-state index in [-0.39, 0.29) is 50.8 Å². The number of halogens is 1. The van der Waals surface area contributed by atoms with E-state index in [4.69, 9.17) is 30.9 Å². The van der Waals surface area contributed by atoms with E-state index in [1.54, 1.807) is 6.92 Å². The maximum absolute atomic E-state index is 12.7. The van der Waals surface area contributed by atoms with Crippen LogP contribution in [-0.4, -0.2) is 46.0 Å². The highest BCUT2D eigenvalue weighted by atomic mass is 35.5. The fourth-order valence-corrected chi connectivity index (χ4v) is 3.69. The minimum Gasteiger partial charge on any atom is -0.507 e. The molecular formula is C28H36ClN3O7. The second kappa shape index (κ2) is 13.3. The van der Waals surface area contributed by atoms with Crippen LogP contribution in [0, 0.1) is 10.8 Å². The van der Waals surface area contributed by atoms with E-state index in [0.717, 1.165) is 12.5 Å². The molecule has 0 atom stereocenters. The van der Waals surface area contributed by atoms with Crippen molar-refractivity contribution in [2.45, 2.75) is 48.0 Å². The van der Waals surface area contributed by atoms with Crippen molar-refractivity contribution in [3.05, 3.63) is 47.1 Å². The number of phenols is 2. The van der Waals surface area contributed by atoms with Gasteiger partial charge in [-0.15, -0.1) is 0 Å². The molecule has 0 bridgehead atoms. The zero-order chi connectivity index (χ0) is 29.4. The molecule has 1 aromatic heterocycles. The molecule has 212 valence electrons. The van der Waals surface area contributed by atoms with Crippen LogP contribution < -0.4 is 15.5 Å². The Labute approximate surface area is 232 Å². The smallest absolute Gasteiger partial charge is 0.274 e. The Balaban J connectivity index is 0.00000124. The average Bonchev–Trinajstić information content (AvgIpc) is 3.35. The van der Waals surface area contributed by atoms with Crippen molar-refractivity contribution >= 4 is 23.9 Å². The van der Waals surface area contributed by atoms with Gasteiger partial charge in [0.2, 0.25) is 6.41 Å². The number of nitrogens with one attached hydrogen (secondary N) is 2. The average molecular weight is 562 g/mol. The minimum absolute atomic E-state index is 0.0288. The lowest BCUT2D eigenvalue weighted by molar-refractivity contribution is -0.116. The molecule has 0 unspecified atom stereocenters. The number of ether oxygens (including phenoxy) is 1. The molecule has 0 aliphatic heterocycles. The van der Waals surface area contributed by atoms with E-state index < -0.39 is 5.91 Å². The first-order valence-electron chi connectivity index (χ1n) is 12.4. The summed E-state index contributed by atoms with van der Waals surface area (Å²) in [5, 5.41) is 34.2. The lowest BCUT2D eigenvalue weighted by Gasteiger charge is -2.40. The topological polar surface area (TPSA) is 154 Å². The van der Waals surface area contributed by atoms with E-state index in [2.05, 4.69) is 45.1 Å². The zero-order valence-electron chi connectivity index (χ0n) is 23.0. The van der Waals surface area contributed by atoms with E-state index in [1.165, 1.54) is 11.5 Å². The quantitative estimate of drug-likeness (QED) is 0.118. The summed E-state index contributed by atoms with van der Waals surface area (Å²) in [4.78, 5) is 21.5. The molecule has 0 spiro atoms. The van der Waals surface area contributed by atoms with Gasteiger partial charge in [0.1, 0.15) is 17.2 Å². The number of carbonyl (C=O) groups excluding carboxylic acids is 2. The molecule has 5 N–H and O–H groups in total. The molecule has 0 saturated heterocycles. The van der Waals surface area contributed by atoms with Crippen LogP contribution >= 0.6 is 11.6 Å². The third-order valence-corrected chi connectivity index (χ3v) is 7.37. The largest absolute Gasteiger partial charge is 0.507 e. The van der Waals surface area contributed by atoms with Gasteiger partial charge in [0.05, 0.1) is 22.8 Å². The Hall–Kier alpha value is -3.76. The first kappa shape index (κ1) is 31.5. The molecule has 0 aliphatic carbocycles. The lowest BCUT2D eigenvalue weighted by atomic mass is 9.67. The van der Waals surface area contributed by atoms with Crippen molar-refractivity contribution in [2.75, 3.05) is 13.2 Å². The molecule has 1 heterocycles. The van der Waals surface area contributed by atoms with E-state index >= 15 is 0 Å². The summed E-state index contributed by atoms with van der Waals surface area (Å²) in [5.41, 5.74) is 2.64. The highest BCUT2D eigenvalue weighted by Crippen LogP contribution is 2.44. The first-order chi connectivity index (χ1) is 18.3. The van der Waals surface area contributed by atoms with Crippen molar-refractivity contribution < 1.29 is 34.3 Å². The van der Waals surface area contributed by atoms with Gasteiger partial charge >= 0.3 is 0 Å². The third kappa shape index (κ3) is 7.42. The second-order valence-corrected chi connectivity index (χ2v) is 10.5. The number of phenolic OH excluding ortho intramolecular Hbond substituents is 2. The summed E-state index contributed by atoms with van der Waals surface area (Å²) in [5.74, 6) is -0.0845. The van der Waals surface area contributed by atoms with E-state index in [0.29, 0.717) is 30.0 Å². The predicted molar refractivity (Wildman–Crippen MR) is 148 cm³/mol. The summed E-state index contributed by atoms with van der Waals surface area (Å²) < 4.78 is 11.6. The van der Waals surface area contributed by atoms with Gasteiger partial charge in [0.25, 0.3) is 5.91 Å². The summed E-state index contributed by atoms with van der Waals surface area (Å²) in [6.45, 7) is 13.8. The van der Waals surface area contributed by atoms with Gasteiger partial charge < -0.3 is 24.8 Å². The normalized spacial score (nSPS) is 11.3. The van der Waals surface area contributed by atoms with Crippen molar-refractivity contribution in [3.63, 3.8) is 0 Å². The monoisotopic (exact) mass is 561 g/mol. The number of aromatic nitrogens is 1. The SMILES string of the molecule is CCNC(=O)c1noc(-c2cc(Cl)c(O)cc2O)c1-c1ccc(OCC(C)(C)C(C)(C)CC)cc1.O=CNO. The number of rotatable bonds is 10. The standard InChI is InChI=1S/C27H33ClN2O5.CH3NO2/c1-7-26(3,4)27(5,6)15-34-17-11-9-16(10-12-17)22-23(25(33)29-8-2)30-35-24(22)18-13-19(28)21(32)14-20(18)31;3-1-2-4/h9-14,31-32H,7-8,15H2,1-6H3,(H,29,33);1,4H,(H,2,3). The summed E-state index contributed by atoms with van der Waals surface area (Å²) in [6.07, 6.45) is 1.22. The van der Waals surface area contributed by atoms with E-state index in [9.17, 15) is 15.0 Å². The van der Waals surface area contributed by atoms with Crippen molar-refractivity contribution in [1.82, 2.24) is 16.0 Å². The molecule has 2 amide bonds. The van der Waals surface area contributed by atoms with Gasteiger partial charge in [-0.3, -0.25) is 14.8 Å². The first-order valence-corrected chi connectivity index (χ1v) is 12.8. The molecule has 3 rings (SSSR count). The highest BCUT2D eigenvalue weighted by molar-refractivity contribution is 6.32. The maximum atomic E-state index is 12.7. The number of hydrogen-bond donors (Lipinski definition) is 5. The zero-order valence-corrected chi connectivity index (χ0v) is 23.7. The van der Waals surface area contributed by atoms with Crippen LogP contribution in [0.1, 0.15) is 58.5 Å². The summed E-state index contributed by atoms with van der Waals surface area (Å²) in [6, 6.07) is 9.76. The molecular weight excluding hydrogens is 526 g/mol. The van der Waals surface area contributed by atoms with Crippen molar-refractivity contribution in [2.24, 2.45) is 10.8 Å². The Kier molecular flexibility index (Phi) is 10.8. The van der Waals surface area contributed by atoms with Crippen LogP contribution in [-0.2, 0) is 4.79 Å². The number of hydrogen-bond acceptors (Lipinski definition) is 8. The maximum Gasteiger partial charge on any atom is 0.274 e. The van der Waals surface area contributed by atoms with Crippen LogP contribution in [0.5, 0.6) is 17.2 Å². The van der Waals surface area contributed by atoms with Crippen LogP contribution in [0.2, 0.25) is 5.02 Å². The second-order valence-electron chi connectivity index (χ2n) is 10.1. The predicted octanol–water partition coefficient (Wildman–Crippen LogP) is 5.79. The number of amides is 2. The van der Waals surface area contributed by atoms with Crippen LogP contribution in [0.4, 0.5) is 0 Å². The molecule has 0 saturated carbocycles. The van der Waals surface area contributed by atoms with Gasteiger partial charge in [-0.2, -0.15) is 0 Å². The van der Waals surface area contributed by atoms with Gasteiger partial charge in [-0.25, -0.2) is 5.48 Å². The van der Waals surface area contributed by atoms with E-state index in [1.807, 2.05) is 24.3 Å². The molecule has 10 nitrogen and oxygen atoms in total. The number of carbonyl (C=O) groups is 2. The Morgan fingerprint density at radius 2 is 1.69 bits per heavy atom. The van der Waals surface area contributed by atoms with Crippen LogP contribution in [0.3, 0.4) is 0 Å². The Morgan fingerprint density at radius 1 is 1.08 bits per heavy atom. The fraction of sp³-hybridized carbons (Fsp3) is 0.393. The number of aromatic hydroxyl groups is 2. The van der Waals surface area contributed by atoms with Crippen molar-refractivity contribution in [3.8, 4) is 39.7 Å². The molecule has 0 fully saturated rings. The third-order valence-electron chi connectivity index (χ3n) is 7.07. The highest BCUT2D eigenvalue weighted by Gasteiger charge is 2.36. The molecule has 3 aromatic rings. The number of nitrogens with zero attached hydrogens (tertiary/aromatic N) is 1. The minimum atomic E-state index is -0.411. The van der Waals surface area contributed by atoms with Crippen LogP contribution in [0.15, 0.2) is 40.9 Å². The molecule has 2 aromatic carbocycles. The summed E-state index contributed by atoms with van der Waals surface area (Å²) in [7, 11) is 0. The van der Waals surface area contributed by atoms with Gasteiger partial charge in [0, 0.05) is 18.0 Å². The number of hydroxylamine groups is 1. The molecule has 11 heteroatoms. The van der Waals surface area contributed by atoms with Gasteiger partial charge in [0.15, 0.2) is 11.5 Å².